The topological polar surface area (TPSA) is 20.2 Å². The predicted octanol–water partition coefficient (Wildman–Crippen LogP) is 4.66. The highest BCUT2D eigenvalue weighted by atomic mass is 79.9. The van der Waals surface area contributed by atoms with Crippen LogP contribution in [0.15, 0.2) is 40.9 Å². The van der Waals surface area contributed by atoms with Crippen molar-refractivity contribution >= 4 is 15.9 Å². The van der Waals surface area contributed by atoms with Gasteiger partial charge in [0, 0.05) is 10.9 Å². The van der Waals surface area contributed by atoms with E-state index in [1.54, 1.807) is 6.92 Å². The fourth-order valence-electron chi connectivity index (χ4n) is 2.29. The third-order valence-electron chi connectivity index (χ3n) is 3.60. The minimum atomic E-state index is -1.02. The molecule has 0 aliphatic heterocycles. The molecule has 0 bridgehead atoms. The van der Waals surface area contributed by atoms with Crippen LogP contribution < -0.4 is 0 Å². The first-order chi connectivity index (χ1) is 9.28. The molecule has 0 aliphatic rings. The van der Waals surface area contributed by atoms with E-state index in [1.807, 2.05) is 38.1 Å². The zero-order chi connectivity index (χ0) is 14.9. The number of aryl methyl sites for hydroxylation is 2. The van der Waals surface area contributed by atoms with Gasteiger partial charge in [0.05, 0.1) is 5.60 Å². The van der Waals surface area contributed by atoms with Crippen molar-refractivity contribution in [2.24, 2.45) is 0 Å². The molecule has 20 heavy (non-hydrogen) atoms. The van der Waals surface area contributed by atoms with Gasteiger partial charge in [-0.1, -0.05) is 34.1 Å². The molecule has 3 heteroatoms. The van der Waals surface area contributed by atoms with E-state index in [2.05, 4.69) is 15.9 Å². The molecule has 0 heterocycles. The van der Waals surface area contributed by atoms with Crippen LogP contribution in [0.1, 0.15) is 29.2 Å². The molecule has 0 saturated carbocycles. The van der Waals surface area contributed by atoms with Crippen molar-refractivity contribution in [1.82, 2.24) is 0 Å². The molecular weight excluding hydrogens is 319 g/mol. The average Bonchev–Trinajstić information content (AvgIpc) is 2.30. The third-order valence-corrected chi connectivity index (χ3v) is 4.06. The van der Waals surface area contributed by atoms with Crippen LogP contribution in [-0.4, -0.2) is 5.11 Å². The zero-order valence-electron chi connectivity index (χ0n) is 11.9. The second kappa shape index (κ2) is 5.66. The second-order valence-corrected chi connectivity index (χ2v) is 6.44. The summed E-state index contributed by atoms with van der Waals surface area (Å²) in [5.74, 6) is -0.301. The molecule has 2 rings (SSSR count). The van der Waals surface area contributed by atoms with Crippen LogP contribution in [0, 0.1) is 19.7 Å². The van der Waals surface area contributed by atoms with Crippen molar-refractivity contribution in [2.45, 2.75) is 32.8 Å². The lowest BCUT2D eigenvalue weighted by Crippen LogP contribution is -2.24. The maximum atomic E-state index is 13.4. The minimum Gasteiger partial charge on any atom is -0.385 e. The smallest absolute Gasteiger partial charge is 0.124 e. The van der Waals surface area contributed by atoms with Crippen LogP contribution in [0.3, 0.4) is 0 Å². The van der Waals surface area contributed by atoms with Gasteiger partial charge in [-0.25, -0.2) is 4.39 Å². The molecular formula is C17H18BrFO. The van der Waals surface area contributed by atoms with Crippen LogP contribution in [0.4, 0.5) is 4.39 Å². The highest BCUT2D eigenvalue weighted by Gasteiger charge is 2.24. The van der Waals surface area contributed by atoms with Crippen LogP contribution >= 0.6 is 15.9 Å². The Kier molecular flexibility index (Phi) is 4.31. The maximum absolute atomic E-state index is 13.4. The van der Waals surface area contributed by atoms with E-state index in [9.17, 15) is 9.50 Å². The molecule has 1 unspecified atom stereocenters. The SMILES string of the molecule is Cc1ccc(C(C)(O)Cc2cc(F)cc(Br)c2)cc1C. The number of benzene rings is 2. The van der Waals surface area contributed by atoms with E-state index in [0.717, 1.165) is 16.7 Å². The Bertz CT molecular complexity index is 615. The monoisotopic (exact) mass is 336 g/mol. The fourth-order valence-corrected chi connectivity index (χ4v) is 2.80. The molecule has 2 aromatic carbocycles. The van der Waals surface area contributed by atoms with Crippen molar-refractivity contribution in [3.05, 3.63) is 68.9 Å². The summed E-state index contributed by atoms with van der Waals surface area (Å²) >= 11 is 3.28. The van der Waals surface area contributed by atoms with Crippen molar-refractivity contribution in [1.29, 1.82) is 0 Å². The summed E-state index contributed by atoms with van der Waals surface area (Å²) in [5.41, 5.74) is 2.92. The van der Waals surface area contributed by atoms with Crippen molar-refractivity contribution < 1.29 is 9.50 Å². The normalized spacial score (nSPS) is 14.1. The zero-order valence-corrected chi connectivity index (χ0v) is 13.5. The van der Waals surface area contributed by atoms with Crippen molar-refractivity contribution in [3.8, 4) is 0 Å². The van der Waals surface area contributed by atoms with Gasteiger partial charge in [0.2, 0.25) is 0 Å². The molecule has 1 N–H and O–H groups in total. The number of hydrogen-bond donors (Lipinski definition) is 1. The summed E-state index contributed by atoms with van der Waals surface area (Å²) in [6, 6.07) is 10.6. The summed E-state index contributed by atoms with van der Waals surface area (Å²) < 4.78 is 14.1. The minimum absolute atomic E-state index is 0.301. The van der Waals surface area contributed by atoms with Crippen LogP contribution in [0.5, 0.6) is 0 Å². The highest BCUT2D eigenvalue weighted by molar-refractivity contribution is 9.10. The first-order valence-corrected chi connectivity index (χ1v) is 7.32. The van der Waals surface area contributed by atoms with E-state index in [0.29, 0.717) is 10.9 Å². The Morgan fingerprint density at radius 3 is 2.40 bits per heavy atom. The Hall–Kier alpha value is -1.19. The van der Waals surface area contributed by atoms with E-state index in [-0.39, 0.29) is 5.82 Å². The molecule has 2 aromatic rings. The number of aliphatic hydroxyl groups is 1. The quantitative estimate of drug-likeness (QED) is 0.864. The van der Waals surface area contributed by atoms with Crippen LogP contribution in [0.2, 0.25) is 0 Å². The summed E-state index contributed by atoms with van der Waals surface area (Å²) in [4.78, 5) is 0. The lowest BCUT2D eigenvalue weighted by Gasteiger charge is -2.25. The van der Waals surface area contributed by atoms with Gasteiger partial charge in [0.15, 0.2) is 0 Å². The Balaban J connectivity index is 2.32. The molecule has 106 valence electrons. The lowest BCUT2D eigenvalue weighted by atomic mass is 9.87. The molecule has 0 saturated heterocycles. The summed E-state index contributed by atoms with van der Waals surface area (Å²) in [6.45, 7) is 5.82. The van der Waals surface area contributed by atoms with E-state index in [4.69, 9.17) is 0 Å². The van der Waals surface area contributed by atoms with E-state index >= 15 is 0 Å². The molecule has 0 fully saturated rings. The van der Waals surface area contributed by atoms with Gasteiger partial charge in [-0.3, -0.25) is 0 Å². The summed E-state index contributed by atoms with van der Waals surface area (Å²) in [6.07, 6.45) is 0.367. The molecule has 0 aliphatic carbocycles. The molecule has 0 spiro atoms. The third kappa shape index (κ3) is 3.47. The van der Waals surface area contributed by atoms with Gasteiger partial charge in [0.1, 0.15) is 5.82 Å². The van der Waals surface area contributed by atoms with Crippen LogP contribution in [0.25, 0.3) is 0 Å². The largest absolute Gasteiger partial charge is 0.385 e. The first-order valence-electron chi connectivity index (χ1n) is 6.53. The summed E-state index contributed by atoms with van der Waals surface area (Å²) in [7, 11) is 0. The average molecular weight is 337 g/mol. The number of halogens is 2. The van der Waals surface area contributed by atoms with Gasteiger partial charge < -0.3 is 5.11 Å². The molecule has 0 aromatic heterocycles. The predicted molar refractivity (Wildman–Crippen MR) is 83.3 cm³/mol. The van der Waals surface area contributed by atoms with E-state index < -0.39 is 5.60 Å². The Labute approximate surface area is 127 Å². The Morgan fingerprint density at radius 1 is 1.10 bits per heavy atom. The van der Waals surface area contributed by atoms with Gasteiger partial charge in [-0.2, -0.15) is 0 Å². The maximum Gasteiger partial charge on any atom is 0.124 e. The molecule has 1 atom stereocenters. The highest BCUT2D eigenvalue weighted by Crippen LogP contribution is 2.28. The first kappa shape index (κ1) is 15.2. The summed E-state index contributed by atoms with van der Waals surface area (Å²) in [5, 5.41) is 10.7. The molecule has 0 radical (unpaired) electrons. The van der Waals surface area contributed by atoms with Crippen molar-refractivity contribution in [2.75, 3.05) is 0 Å². The van der Waals surface area contributed by atoms with Crippen LogP contribution in [-0.2, 0) is 12.0 Å². The van der Waals surface area contributed by atoms with E-state index in [1.165, 1.54) is 17.7 Å². The molecule has 0 amide bonds. The number of hydrogen-bond acceptors (Lipinski definition) is 1. The van der Waals surface area contributed by atoms with Crippen molar-refractivity contribution in [3.63, 3.8) is 0 Å². The van der Waals surface area contributed by atoms with Gasteiger partial charge >= 0.3 is 0 Å². The Morgan fingerprint density at radius 2 is 1.80 bits per heavy atom. The second-order valence-electron chi connectivity index (χ2n) is 5.53. The fraction of sp³-hybridized carbons (Fsp3) is 0.294. The standard InChI is InChI=1S/C17H18BrFO/c1-11-4-5-14(6-12(11)2)17(3,20)10-13-7-15(18)9-16(19)8-13/h4-9,20H,10H2,1-3H3. The van der Waals surface area contributed by atoms with Gasteiger partial charge in [-0.15, -0.1) is 0 Å². The van der Waals surface area contributed by atoms with Gasteiger partial charge in [-0.05, 0) is 61.2 Å². The lowest BCUT2D eigenvalue weighted by molar-refractivity contribution is 0.0575. The molecule has 1 nitrogen and oxygen atoms in total. The van der Waals surface area contributed by atoms with Gasteiger partial charge in [0.25, 0.3) is 0 Å². The number of rotatable bonds is 3.